The van der Waals surface area contributed by atoms with Crippen molar-refractivity contribution >= 4 is 12.1 Å². The van der Waals surface area contributed by atoms with E-state index in [2.05, 4.69) is 48.6 Å². The number of hydrazone groups is 1. The Morgan fingerprint density at radius 1 is 1.00 bits per heavy atom. The summed E-state index contributed by atoms with van der Waals surface area (Å²) in [5.41, 5.74) is 5.89. The van der Waals surface area contributed by atoms with E-state index < -0.39 is 0 Å². The monoisotopic (exact) mass is 366 g/mol. The smallest absolute Gasteiger partial charge is 0.240 e. The molecule has 0 heterocycles. The van der Waals surface area contributed by atoms with E-state index in [-0.39, 0.29) is 5.91 Å². The predicted octanol–water partition coefficient (Wildman–Crippen LogP) is 5.38. The van der Waals surface area contributed by atoms with Gasteiger partial charge in [0, 0.05) is 6.42 Å². The second-order valence-electron chi connectivity index (χ2n) is 6.80. The Bertz CT molecular complexity index is 706. The number of carbonyl (C=O) groups is 1. The molecule has 27 heavy (non-hydrogen) atoms. The number of aryl methyl sites for hydroxylation is 1. The number of hydrogen-bond acceptors (Lipinski definition) is 3. The van der Waals surface area contributed by atoms with Crippen LogP contribution >= 0.6 is 0 Å². The summed E-state index contributed by atoms with van der Waals surface area (Å²) in [6.07, 6.45) is 7.87. The molecule has 0 unspecified atom stereocenters. The first-order valence-corrected chi connectivity index (χ1v) is 9.77. The molecule has 2 aromatic rings. The van der Waals surface area contributed by atoms with Gasteiger partial charge in [-0.25, -0.2) is 5.43 Å². The van der Waals surface area contributed by atoms with Crippen LogP contribution in [0.25, 0.3) is 0 Å². The van der Waals surface area contributed by atoms with Gasteiger partial charge in [-0.1, -0.05) is 62.4 Å². The van der Waals surface area contributed by atoms with Crippen LogP contribution in [0.3, 0.4) is 0 Å². The fourth-order valence-electron chi connectivity index (χ4n) is 2.62. The quantitative estimate of drug-likeness (QED) is 0.329. The highest BCUT2D eigenvalue weighted by molar-refractivity contribution is 5.82. The average molecular weight is 367 g/mol. The minimum absolute atomic E-state index is 0.0270. The van der Waals surface area contributed by atoms with Gasteiger partial charge in [-0.05, 0) is 48.7 Å². The number of rotatable bonds is 11. The Hall–Kier alpha value is -2.62. The largest absolute Gasteiger partial charge is 0.489 e. The van der Waals surface area contributed by atoms with E-state index in [0.717, 1.165) is 29.7 Å². The fraction of sp³-hybridized carbons (Fsp3) is 0.391. The van der Waals surface area contributed by atoms with Crippen molar-refractivity contribution in [3.8, 4) is 5.75 Å². The summed E-state index contributed by atoms with van der Waals surface area (Å²) in [5.74, 6) is 0.782. The zero-order chi connectivity index (χ0) is 19.3. The maximum atomic E-state index is 11.7. The molecule has 4 nitrogen and oxygen atoms in total. The highest BCUT2D eigenvalue weighted by atomic mass is 16.5. The average Bonchev–Trinajstić information content (AvgIpc) is 2.68. The standard InChI is InChI=1S/C23H30N2O2/c1-3-4-5-6-7-8-23(26)25-24-17-20-13-15-22(16-14-20)27-18-21-11-9-19(2)10-12-21/h9-17H,3-8,18H2,1-2H3,(H,25,26). The summed E-state index contributed by atoms with van der Waals surface area (Å²) < 4.78 is 5.79. The third-order valence-electron chi connectivity index (χ3n) is 4.32. The molecule has 0 saturated carbocycles. The van der Waals surface area contributed by atoms with Gasteiger partial charge in [-0.2, -0.15) is 5.10 Å². The summed E-state index contributed by atoms with van der Waals surface area (Å²) >= 11 is 0. The molecule has 0 aromatic heterocycles. The van der Waals surface area contributed by atoms with Gasteiger partial charge >= 0.3 is 0 Å². The molecule has 0 fully saturated rings. The van der Waals surface area contributed by atoms with Gasteiger partial charge in [0.15, 0.2) is 0 Å². The molecule has 1 amide bonds. The molecule has 2 rings (SSSR count). The molecule has 4 heteroatoms. The predicted molar refractivity (Wildman–Crippen MR) is 111 cm³/mol. The van der Waals surface area contributed by atoms with Gasteiger partial charge in [0.25, 0.3) is 0 Å². The van der Waals surface area contributed by atoms with Crippen LogP contribution in [0, 0.1) is 6.92 Å². The van der Waals surface area contributed by atoms with E-state index >= 15 is 0 Å². The first-order valence-electron chi connectivity index (χ1n) is 9.77. The number of unbranched alkanes of at least 4 members (excludes halogenated alkanes) is 4. The number of ether oxygens (including phenoxy) is 1. The van der Waals surface area contributed by atoms with Crippen molar-refractivity contribution in [2.24, 2.45) is 5.10 Å². The summed E-state index contributed by atoms with van der Waals surface area (Å²) in [7, 11) is 0. The van der Waals surface area contributed by atoms with Crippen LogP contribution in [-0.4, -0.2) is 12.1 Å². The molecule has 0 atom stereocenters. The highest BCUT2D eigenvalue weighted by Crippen LogP contribution is 2.14. The Labute approximate surface area is 162 Å². The van der Waals surface area contributed by atoms with Crippen LogP contribution < -0.4 is 10.2 Å². The molecule has 0 radical (unpaired) electrons. The van der Waals surface area contributed by atoms with E-state index in [1.54, 1.807) is 6.21 Å². The van der Waals surface area contributed by atoms with Crippen molar-refractivity contribution < 1.29 is 9.53 Å². The number of hydrogen-bond donors (Lipinski definition) is 1. The number of nitrogens with one attached hydrogen (secondary N) is 1. The topological polar surface area (TPSA) is 50.7 Å². The third kappa shape index (κ3) is 8.54. The number of carbonyl (C=O) groups excluding carboxylic acids is 1. The zero-order valence-electron chi connectivity index (χ0n) is 16.4. The molecule has 1 N–H and O–H groups in total. The van der Waals surface area contributed by atoms with Crippen molar-refractivity contribution in [3.05, 3.63) is 65.2 Å². The Morgan fingerprint density at radius 3 is 2.41 bits per heavy atom. The van der Waals surface area contributed by atoms with Crippen LogP contribution in [0.1, 0.15) is 62.1 Å². The van der Waals surface area contributed by atoms with E-state index in [4.69, 9.17) is 4.74 Å². The lowest BCUT2D eigenvalue weighted by atomic mass is 10.1. The number of benzene rings is 2. The van der Waals surface area contributed by atoms with Crippen molar-refractivity contribution in [2.75, 3.05) is 0 Å². The van der Waals surface area contributed by atoms with E-state index in [1.165, 1.54) is 24.8 Å². The molecular weight excluding hydrogens is 336 g/mol. The molecule has 0 spiro atoms. The van der Waals surface area contributed by atoms with Gasteiger partial charge in [-0.3, -0.25) is 4.79 Å². The van der Waals surface area contributed by atoms with Gasteiger partial charge in [0.05, 0.1) is 6.21 Å². The molecule has 0 aliphatic heterocycles. The van der Waals surface area contributed by atoms with E-state index in [1.807, 2.05) is 24.3 Å². The number of amides is 1. The summed E-state index contributed by atoms with van der Waals surface area (Å²) in [6.45, 7) is 4.80. The van der Waals surface area contributed by atoms with Gasteiger partial charge in [0.1, 0.15) is 12.4 Å². The SMILES string of the molecule is CCCCCCCC(=O)NN=Cc1ccc(OCc2ccc(C)cc2)cc1. The minimum atomic E-state index is -0.0270. The molecule has 2 aromatic carbocycles. The van der Waals surface area contributed by atoms with Crippen LogP contribution in [-0.2, 0) is 11.4 Å². The Balaban J connectivity index is 1.69. The maximum Gasteiger partial charge on any atom is 0.240 e. The minimum Gasteiger partial charge on any atom is -0.489 e. The van der Waals surface area contributed by atoms with Crippen molar-refractivity contribution in [3.63, 3.8) is 0 Å². The normalized spacial score (nSPS) is 10.9. The van der Waals surface area contributed by atoms with Crippen LogP contribution in [0.15, 0.2) is 53.6 Å². The fourth-order valence-corrected chi connectivity index (χ4v) is 2.62. The maximum absolute atomic E-state index is 11.7. The zero-order valence-corrected chi connectivity index (χ0v) is 16.4. The molecule has 0 aliphatic carbocycles. The molecule has 0 saturated heterocycles. The summed E-state index contributed by atoms with van der Waals surface area (Å²) in [6, 6.07) is 16.0. The highest BCUT2D eigenvalue weighted by Gasteiger charge is 1.99. The molecule has 0 bridgehead atoms. The lowest BCUT2D eigenvalue weighted by Crippen LogP contribution is -2.16. The van der Waals surface area contributed by atoms with Gasteiger partial charge < -0.3 is 4.74 Å². The number of nitrogens with zero attached hydrogens (tertiary/aromatic N) is 1. The van der Waals surface area contributed by atoms with Crippen molar-refractivity contribution in [2.45, 2.75) is 59.0 Å². The first-order chi connectivity index (χ1) is 13.2. The van der Waals surface area contributed by atoms with E-state index in [9.17, 15) is 4.79 Å². The Morgan fingerprint density at radius 2 is 1.70 bits per heavy atom. The van der Waals surface area contributed by atoms with Crippen LogP contribution in [0.2, 0.25) is 0 Å². The lowest BCUT2D eigenvalue weighted by molar-refractivity contribution is -0.121. The van der Waals surface area contributed by atoms with Crippen molar-refractivity contribution in [1.29, 1.82) is 0 Å². The van der Waals surface area contributed by atoms with Crippen LogP contribution in [0.5, 0.6) is 5.75 Å². The molecular formula is C23H30N2O2. The first kappa shape index (κ1) is 20.7. The summed E-state index contributed by atoms with van der Waals surface area (Å²) in [4.78, 5) is 11.7. The van der Waals surface area contributed by atoms with Gasteiger partial charge in [-0.15, -0.1) is 0 Å². The summed E-state index contributed by atoms with van der Waals surface area (Å²) in [5, 5.41) is 4.02. The van der Waals surface area contributed by atoms with Crippen molar-refractivity contribution in [1.82, 2.24) is 5.43 Å². The van der Waals surface area contributed by atoms with Crippen LogP contribution in [0.4, 0.5) is 0 Å². The lowest BCUT2D eigenvalue weighted by Gasteiger charge is -2.06. The third-order valence-corrected chi connectivity index (χ3v) is 4.32. The second kappa shape index (κ2) is 11.9. The molecule has 0 aliphatic rings. The molecule has 144 valence electrons. The Kier molecular flexibility index (Phi) is 9.11. The second-order valence-corrected chi connectivity index (χ2v) is 6.80. The van der Waals surface area contributed by atoms with Gasteiger partial charge in [0.2, 0.25) is 5.91 Å². The van der Waals surface area contributed by atoms with E-state index in [0.29, 0.717) is 13.0 Å².